The molecule has 0 amide bonds. The predicted octanol–water partition coefficient (Wildman–Crippen LogP) is 4.18. The Labute approximate surface area is 124 Å². The minimum absolute atomic E-state index is 0.249. The first-order chi connectivity index (χ1) is 9.84. The van der Waals surface area contributed by atoms with E-state index in [0.29, 0.717) is 12.0 Å². The van der Waals surface area contributed by atoms with Crippen LogP contribution in [0, 0.1) is 5.92 Å². The van der Waals surface area contributed by atoms with Crippen molar-refractivity contribution in [3.63, 3.8) is 0 Å². The van der Waals surface area contributed by atoms with Gasteiger partial charge in [-0.3, -0.25) is 0 Å². The van der Waals surface area contributed by atoms with Gasteiger partial charge in [-0.05, 0) is 30.4 Å². The van der Waals surface area contributed by atoms with E-state index in [1.54, 1.807) is 0 Å². The van der Waals surface area contributed by atoms with Gasteiger partial charge in [-0.2, -0.15) is 0 Å². The molecule has 1 fully saturated rings. The second kappa shape index (κ2) is 6.53. The van der Waals surface area contributed by atoms with Gasteiger partial charge in [0.05, 0.1) is 6.10 Å². The first kappa shape index (κ1) is 13.8. The number of thiophene rings is 1. The number of benzene rings is 1. The third-order valence-corrected chi connectivity index (χ3v) is 5.05. The highest BCUT2D eigenvalue weighted by Crippen LogP contribution is 2.34. The summed E-state index contributed by atoms with van der Waals surface area (Å²) in [5.41, 5.74) is 1.31. The molecule has 106 valence electrons. The molecule has 0 spiro atoms. The molecule has 2 nitrogen and oxygen atoms in total. The second-order valence-corrected chi connectivity index (χ2v) is 6.38. The fourth-order valence-electron chi connectivity index (χ4n) is 2.82. The molecule has 1 aromatic carbocycles. The van der Waals surface area contributed by atoms with Gasteiger partial charge in [-0.25, -0.2) is 0 Å². The smallest absolute Gasteiger partial charge is 0.0866 e. The summed E-state index contributed by atoms with van der Waals surface area (Å²) in [6.07, 6.45) is 1.39. The van der Waals surface area contributed by atoms with Crippen LogP contribution in [0.4, 0.5) is 0 Å². The van der Waals surface area contributed by atoms with Crippen LogP contribution < -0.4 is 5.32 Å². The van der Waals surface area contributed by atoms with E-state index in [-0.39, 0.29) is 6.10 Å². The third kappa shape index (κ3) is 3.11. The summed E-state index contributed by atoms with van der Waals surface area (Å²) in [7, 11) is 0. The Hall–Kier alpha value is -1.16. The van der Waals surface area contributed by atoms with Gasteiger partial charge in [0.1, 0.15) is 0 Å². The highest BCUT2D eigenvalue weighted by atomic mass is 32.1. The molecule has 2 aromatic rings. The molecule has 3 rings (SSSR count). The standard InChI is InChI=1S/C17H21NOS/c1-13(16-8-5-11-20-16)18-12-15-9-10-19-17(15)14-6-3-2-4-7-14/h2-8,11,13,15,17-18H,9-10,12H2,1H3/t13-,15+,17-/m0/s1. The van der Waals surface area contributed by atoms with E-state index in [1.807, 2.05) is 11.3 Å². The lowest BCUT2D eigenvalue weighted by molar-refractivity contribution is 0.0900. The minimum Gasteiger partial charge on any atom is -0.373 e. The molecular weight excluding hydrogens is 266 g/mol. The van der Waals surface area contributed by atoms with Crippen molar-refractivity contribution in [2.24, 2.45) is 5.92 Å². The zero-order chi connectivity index (χ0) is 13.8. The number of hydrogen-bond donors (Lipinski definition) is 1. The van der Waals surface area contributed by atoms with Crippen molar-refractivity contribution in [3.8, 4) is 0 Å². The van der Waals surface area contributed by atoms with E-state index in [4.69, 9.17) is 4.74 Å². The molecule has 1 aliphatic rings. The van der Waals surface area contributed by atoms with E-state index >= 15 is 0 Å². The molecule has 0 aliphatic carbocycles. The molecule has 0 unspecified atom stereocenters. The van der Waals surface area contributed by atoms with E-state index < -0.39 is 0 Å². The van der Waals surface area contributed by atoms with E-state index in [0.717, 1.165) is 19.6 Å². The molecule has 0 bridgehead atoms. The fraction of sp³-hybridized carbons (Fsp3) is 0.412. The summed E-state index contributed by atoms with van der Waals surface area (Å²) in [6, 6.07) is 15.3. The highest BCUT2D eigenvalue weighted by Gasteiger charge is 2.29. The Morgan fingerprint density at radius 2 is 2.10 bits per heavy atom. The maximum absolute atomic E-state index is 5.94. The summed E-state index contributed by atoms with van der Waals surface area (Å²) in [6.45, 7) is 4.12. The Balaban J connectivity index is 1.59. The largest absolute Gasteiger partial charge is 0.373 e. The lowest BCUT2D eigenvalue weighted by Gasteiger charge is -2.21. The summed E-state index contributed by atoms with van der Waals surface area (Å²) in [5, 5.41) is 5.79. The zero-order valence-corrected chi connectivity index (χ0v) is 12.6. The molecule has 1 aliphatic heterocycles. The third-order valence-electron chi connectivity index (χ3n) is 4.00. The van der Waals surface area contributed by atoms with E-state index in [2.05, 4.69) is 60.1 Å². The van der Waals surface area contributed by atoms with Crippen LogP contribution in [0.2, 0.25) is 0 Å². The van der Waals surface area contributed by atoms with Crippen LogP contribution in [0.25, 0.3) is 0 Å². The molecule has 3 heteroatoms. The molecule has 1 N–H and O–H groups in total. The molecule has 20 heavy (non-hydrogen) atoms. The SMILES string of the molecule is C[C@H](NC[C@H]1CCO[C@H]1c1ccccc1)c1cccs1. The van der Waals surface area contributed by atoms with Crippen LogP contribution in [-0.4, -0.2) is 13.2 Å². The Morgan fingerprint density at radius 1 is 1.25 bits per heavy atom. The van der Waals surface area contributed by atoms with Crippen molar-refractivity contribution < 1.29 is 4.74 Å². The maximum Gasteiger partial charge on any atom is 0.0866 e. The Bertz CT molecular complexity index is 511. The van der Waals surface area contributed by atoms with Gasteiger partial charge < -0.3 is 10.1 Å². The van der Waals surface area contributed by atoms with Crippen LogP contribution in [0.1, 0.15) is 35.9 Å². The number of hydrogen-bond acceptors (Lipinski definition) is 3. The summed E-state index contributed by atoms with van der Waals surface area (Å²) < 4.78 is 5.94. The zero-order valence-electron chi connectivity index (χ0n) is 11.8. The van der Waals surface area contributed by atoms with Crippen LogP contribution in [0.3, 0.4) is 0 Å². The predicted molar refractivity (Wildman–Crippen MR) is 84.0 cm³/mol. The van der Waals surface area contributed by atoms with Gasteiger partial charge in [-0.15, -0.1) is 11.3 Å². The van der Waals surface area contributed by atoms with E-state index in [9.17, 15) is 0 Å². The van der Waals surface area contributed by atoms with E-state index in [1.165, 1.54) is 10.4 Å². The first-order valence-corrected chi connectivity index (χ1v) is 8.16. The van der Waals surface area contributed by atoms with Crippen molar-refractivity contribution in [2.75, 3.05) is 13.2 Å². The van der Waals surface area contributed by atoms with Gasteiger partial charge >= 0.3 is 0 Å². The lowest BCUT2D eigenvalue weighted by atomic mass is 9.95. The molecule has 1 saturated heterocycles. The maximum atomic E-state index is 5.94. The van der Waals surface area contributed by atoms with Gasteiger partial charge in [0.2, 0.25) is 0 Å². The topological polar surface area (TPSA) is 21.3 Å². The van der Waals surface area contributed by atoms with Crippen molar-refractivity contribution in [3.05, 3.63) is 58.3 Å². The molecular formula is C17H21NOS. The van der Waals surface area contributed by atoms with Crippen LogP contribution in [-0.2, 0) is 4.74 Å². The Kier molecular flexibility index (Phi) is 4.51. The number of ether oxygens (including phenoxy) is 1. The average Bonchev–Trinajstić information content (AvgIpc) is 3.17. The summed E-state index contributed by atoms with van der Waals surface area (Å²) in [5.74, 6) is 0.569. The minimum atomic E-state index is 0.249. The fourth-order valence-corrected chi connectivity index (χ4v) is 3.58. The summed E-state index contributed by atoms with van der Waals surface area (Å²) in [4.78, 5) is 1.40. The number of nitrogens with one attached hydrogen (secondary N) is 1. The molecule has 3 atom stereocenters. The highest BCUT2D eigenvalue weighted by molar-refractivity contribution is 7.10. The van der Waals surface area contributed by atoms with Gasteiger partial charge in [-0.1, -0.05) is 36.4 Å². The van der Waals surface area contributed by atoms with Crippen molar-refractivity contribution in [2.45, 2.75) is 25.5 Å². The van der Waals surface area contributed by atoms with Gasteiger partial charge in [0, 0.05) is 30.0 Å². The Morgan fingerprint density at radius 3 is 2.85 bits per heavy atom. The monoisotopic (exact) mass is 287 g/mol. The van der Waals surface area contributed by atoms with Gasteiger partial charge in [0.15, 0.2) is 0 Å². The molecule has 2 heterocycles. The first-order valence-electron chi connectivity index (χ1n) is 7.28. The van der Waals surface area contributed by atoms with Gasteiger partial charge in [0.25, 0.3) is 0 Å². The van der Waals surface area contributed by atoms with Crippen LogP contribution in [0.15, 0.2) is 47.8 Å². The van der Waals surface area contributed by atoms with Crippen LogP contribution >= 0.6 is 11.3 Å². The van der Waals surface area contributed by atoms with Crippen molar-refractivity contribution in [1.29, 1.82) is 0 Å². The summed E-state index contributed by atoms with van der Waals surface area (Å²) >= 11 is 1.82. The second-order valence-electron chi connectivity index (χ2n) is 5.40. The average molecular weight is 287 g/mol. The normalized spacial score (nSPS) is 23.9. The molecule has 1 aromatic heterocycles. The van der Waals surface area contributed by atoms with Crippen LogP contribution in [0.5, 0.6) is 0 Å². The van der Waals surface area contributed by atoms with Crippen molar-refractivity contribution in [1.82, 2.24) is 5.32 Å². The van der Waals surface area contributed by atoms with Crippen molar-refractivity contribution >= 4 is 11.3 Å². The quantitative estimate of drug-likeness (QED) is 0.891. The molecule has 0 saturated carbocycles. The lowest BCUT2D eigenvalue weighted by Crippen LogP contribution is -2.27. The number of rotatable bonds is 5. The molecule has 0 radical (unpaired) electrons.